The first kappa shape index (κ1) is 28.3. The number of nitrogens with zero attached hydrogens (tertiary/aromatic N) is 3. The van der Waals surface area contributed by atoms with Gasteiger partial charge in [-0.1, -0.05) is 78.4 Å². The third-order valence-corrected chi connectivity index (χ3v) is 9.53. The van der Waals surface area contributed by atoms with Gasteiger partial charge in [-0.3, -0.25) is 0 Å². The van der Waals surface area contributed by atoms with Crippen LogP contribution in [0.1, 0.15) is 5.56 Å². The molecule has 0 aliphatic heterocycles. The quantitative estimate of drug-likeness (QED) is 0.187. The molecule has 0 saturated carbocycles. The fraction of sp³-hybridized carbons (Fsp3) is 0.0222. The van der Waals surface area contributed by atoms with Crippen molar-refractivity contribution in [2.45, 2.75) is 6.92 Å². The molecule has 0 amide bonds. The molecule has 0 radical (unpaired) electrons. The molecule has 10 rings (SSSR count). The normalized spacial score (nSPS) is 11.7. The van der Waals surface area contributed by atoms with Crippen LogP contribution in [0.5, 0.6) is 0 Å². The van der Waals surface area contributed by atoms with E-state index in [0.717, 1.165) is 72.3 Å². The smallest absolute Gasteiger partial charge is 0.227 e. The number of benzene rings is 7. The summed E-state index contributed by atoms with van der Waals surface area (Å²) in [6.07, 6.45) is 0. The van der Waals surface area contributed by atoms with Gasteiger partial charge < -0.3 is 13.4 Å². The summed E-state index contributed by atoms with van der Waals surface area (Å²) in [6.45, 7) is 2.12. The molecule has 5 heteroatoms. The standard InChI is InChI=1S/C45H29N3O2/c1-28-16-20-35(21-17-28)48-40-22-18-31(29-8-6-10-33(24-29)44-46-38-12-2-4-14-42(38)49-44)26-36(40)37-27-32(19-23-41(37)48)30-9-7-11-34(25-30)45-47-39-13-3-5-15-43(39)50-45/h2-27H,1H3. The van der Waals surface area contributed by atoms with E-state index in [1.165, 1.54) is 16.3 Å². The Hall–Kier alpha value is -6.72. The van der Waals surface area contributed by atoms with E-state index in [1.807, 2.05) is 48.5 Å². The second kappa shape index (κ2) is 11.2. The maximum Gasteiger partial charge on any atom is 0.227 e. The number of hydrogen-bond acceptors (Lipinski definition) is 4. The Morgan fingerprint density at radius 3 is 1.38 bits per heavy atom. The molecule has 50 heavy (non-hydrogen) atoms. The molecular formula is C45H29N3O2. The van der Waals surface area contributed by atoms with E-state index in [4.69, 9.17) is 18.8 Å². The third-order valence-electron chi connectivity index (χ3n) is 9.53. The van der Waals surface area contributed by atoms with E-state index in [9.17, 15) is 0 Å². The van der Waals surface area contributed by atoms with Gasteiger partial charge >= 0.3 is 0 Å². The summed E-state index contributed by atoms with van der Waals surface area (Å²) in [5, 5.41) is 2.37. The number of aryl methyl sites for hydroxylation is 1. The molecule has 3 aromatic heterocycles. The Balaban J connectivity index is 1.12. The van der Waals surface area contributed by atoms with E-state index in [0.29, 0.717) is 11.8 Å². The molecule has 0 saturated heterocycles. The van der Waals surface area contributed by atoms with Gasteiger partial charge in [0.05, 0.1) is 11.0 Å². The summed E-state index contributed by atoms with van der Waals surface area (Å²) >= 11 is 0. The molecule has 3 heterocycles. The number of para-hydroxylation sites is 4. The number of aromatic nitrogens is 3. The van der Waals surface area contributed by atoms with Gasteiger partial charge in [0.2, 0.25) is 11.8 Å². The fourth-order valence-electron chi connectivity index (χ4n) is 7.01. The molecule has 0 fully saturated rings. The lowest BCUT2D eigenvalue weighted by molar-refractivity contribution is 0.619. The van der Waals surface area contributed by atoms with E-state index in [1.54, 1.807) is 0 Å². The lowest BCUT2D eigenvalue weighted by atomic mass is 9.98. The number of rotatable bonds is 5. The van der Waals surface area contributed by atoms with Crippen LogP contribution in [0.2, 0.25) is 0 Å². The maximum atomic E-state index is 6.12. The highest BCUT2D eigenvalue weighted by Crippen LogP contribution is 2.38. The van der Waals surface area contributed by atoms with Crippen LogP contribution in [0, 0.1) is 6.92 Å². The zero-order valence-corrected chi connectivity index (χ0v) is 27.2. The van der Waals surface area contributed by atoms with Gasteiger partial charge in [-0.2, -0.15) is 0 Å². The second-order valence-electron chi connectivity index (χ2n) is 12.8. The predicted octanol–water partition coefficient (Wildman–Crippen LogP) is 12.0. The summed E-state index contributed by atoms with van der Waals surface area (Å²) < 4.78 is 14.6. The number of oxazole rings is 2. The summed E-state index contributed by atoms with van der Waals surface area (Å²) in [7, 11) is 0. The van der Waals surface area contributed by atoms with Crippen molar-refractivity contribution in [3.63, 3.8) is 0 Å². The van der Waals surface area contributed by atoms with Crippen LogP contribution in [0.4, 0.5) is 0 Å². The van der Waals surface area contributed by atoms with Crippen LogP contribution in [-0.2, 0) is 0 Å². The van der Waals surface area contributed by atoms with Crippen molar-refractivity contribution < 1.29 is 8.83 Å². The first-order valence-electron chi connectivity index (χ1n) is 16.7. The summed E-state index contributed by atoms with van der Waals surface area (Å²) in [4.78, 5) is 9.49. The highest BCUT2D eigenvalue weighted by Gasteiger charge is 2.16. The summed E-state index contributed by atoms with van der Waals surface area (Å²) in [5.41, 5.74) is 14.3. The largest absolute Gasteiger partial charge is 0.436 e. The lowest BCUT2D eigenvalue weighted by Gasteiger charge is -2.09. The van der Waals surface area contributed by atoms with Gasteiger partial charge in [-0.15, -0.1) is 0 Å². The molecule has 0 aliphatic carbocycles. The minimum Gasteiger partial charge on any atom is -0.436 e. The first-order valence-corrected chi connectivity index (χ1v) is 16.7. The molecule has 0 aliphatic rings. The lowest BCUT2D eigenvalue weighted by Crippen LogP contribution is -1.93. The molecule has 0 bridgehead atoms. The Morgan fingerprint density at radius 2 is 0.880 bits per heavy atom. The number of hydrogen-bond donors (Lipinski definition) is 0. The van der Waals surface area contributed by atoms with Crippen LogP contribution in [-0.4, -0.2) is 14.5 Å². The average molecular weight is 644 g/mol. The minimum absolute atomic E-state index is 0.620. The zero-order chi connectivity index (χ0) is 33.2. The summed E-state index contributed by atoms with van der Waals surface area (Å²) in [5.74, 6) is 1.24. The van der Waals surface area contributed by atoms with Crippen molar-refractivity contribution in [1.82, 2.24) is 14.5 Å². The van der Waals surface area contributed by atoms with Crippen LogP contribution in [0.25, 0.3) is 94.9 Å². The average Bonchev–Trinajstić information content (AvgIpc) is 3.89. The highest BCUT2D eigenvalue weighted by molar-refractivity contribution is 6.11. The maximum absolute atomic E-state index is 6.12. The van der Waals surface area contributed by atoms with Gasteiger partial charge in [-0.25, -0.2) is 9.97 Å². The van der Waals surface area contributed by atoms with Crippen molar-refractivity contribution in [2.75, 3.05) is 0 Å². The Kier molecular flexibility index (Phi) is 6.33. The van der Waals surface area contributed by atoms with Gasteiger partial charge in [0.15, 0.2) is 11.2 Å². The molecule has 10 aromatic rings. The van der Waals surface area contributed by atoms with Gasteiger partial charge in [0.1, 0.15) is 11.0 Å². The molecule has 0 atom stereocenters. The van der Waals surface area contributed by atoms with Crippen LogP contribution >= 0.6 is 0 Å². The SMILES string of the molecule is Cc1ccc(-n2c3ccc(-c4cccc(-c5nc6ccccc6o5)c4)cc3c3cc(-c4cccc(-c5nc6ccccc6o5)c4)ccc32)cc1. The van der Waals surface area contributed by atoms with Gasteiger partial charge in [0, 0.05) is 27.6 Å². The van der Waals surface area contributed by atoms with Crippen LogP contribution in [0.3, 0.4) is 0 Å². The molecule has 236 valence electrons. The molecule has 0 unspecified atom stereocenters. The monoisotopic (exact) mass is 643 g/mol. The van der Waals surface area contributed by atoms with Crippen molar-refractivity contribution >= 4 is 44.0 Å². The molecule has 0 N–H and O–H groups in total. The molecule has 0 spiro atoms. The fourth-order valence-corrected chi connectivity index (χ4v) is 7.01. The minimum atomic E-state index is 0.620. The molecule has 5 nitrogen and oxygen atoms in total. The van der Waals surface area contributed by atoms with Crippen LogP contribution < -0.4 is 0 Å². The first-order chi connectivity index (χ1) is 24.6. The van der Waals surface area contributed by atoms with Crippen molar-refractivity contribution in [2.24, 2.45) is 0 Å². The third kappa shape index (κ3) is 4.71. The Morgan fingerprint density at radius 1 is 0.420 bits per heavy atom. The molecule has 7 aromatic carbocycles. The predicted molar refractivity (Wildman–Crippen MR) is 202 cm³/mol. The van der Waals surface area contributed by atoms with Crippen molar-refractivity contribution in [3.8, 4) is 50.8 Å². The van der Waals surface area contributed by atoms with Gasteiger partial charge in [-0.05, 0) is 114 Å². The van der Waals surface area contributed by atoms with Gasteiger partial charge in [0.25, 0.3) is 0 Å². The second-order valence-corrected chi connectivity index (χ2v) is 12.8. The highest BCUT2D eigenvalue weighted by atomic mass is 16.4. The Bertz CT molecular complexity index is 2650. The van der Waals surface area contributed by atoms with Crippen molar-refractivity contribution in [3.05, 3.63) is 163 Å². The Labute approximate surface area is 287 Å². The van der Waals surface area contributed by atoms with E-state index in [2.05, 4.69) is 121 Å². The van der Waals surface area contributed by atoms with Crippen molar-refractivity contribution in [1.29, 1.82) is 0 Å². The van der Waals surface area contributed by atoms with E-state index >= 15 is 0 Å². The topological polar surface area (TPSA) is 57.0 Å². The van der Waals surface area contributed by atoms with Crippen LogP contribution in [0.15, 0.2) is 167 Å². The summed E-state index contributed by atoms with van der Waals surface area (Å²) in [6, 6.07) is 54.9. The van der Waals surface area contributed by atoms with E-state index < -0.39 is 0 Å². The molecular weight excluding hydrogens is 615 g/mol. The zero-order valence-electron chi connectivity index (χ0n) is 27.2. The van der Waals surface area contributed by atoms with E-state index in [-0.39, 0.29) is 0 Å². The number of fused-ring (bicyclic) bond motifs is 5.